The lowest BCUT2D eigenvalue weighted by Gasteiger charge is -2.09. The zero-order valence-electron chi connectivity index (χ0n) is 16.9. The molecule has 30 heavy (non-hydrogen) atoms. The van der Waals surface area contributed by atoms with Crippen LogP contribution in [0, 0.1) is 11.3 Å². The van der Waals surface area contributed by atoms with E-state index in [0.29, 0.717) is 24.3 Å². The van der Waals surface area contributed by atoms with E-state index >= 15 is 0 Å². The first-order valence-corrected chi connectivity index (χ1v) is 9.67. The zero-order valence-corrected chi connectivity index (χ0v) is 16.9. The van der Waals surface area contributed by atoms with Crippen molar-refractivity contribution in [2.45, 2.75) is 32.9 Å². The fourth-order valence-electron chi connectivity index (χ4n) is 2.81. The zero-order chi connectivity index (χ0) is 21.3. The molecule has 7 heteroatoms. The first-order valence-electron chi connectivity index (χ1n) is 9.67. The maximum atomic E-state index is 12.3. The van der Waals surface area contributed by atoms with Crippen molar-refractivity contribution >= 4 is 12.1 Å². The normalized spacial score (nSPS) is 10.9. The predicted molar refractivity (Wildman–Crippen MR) is 115 cm³/mol. The van der Waals surface area contributed by atoms with Crippen molar-refractivity contribution in [3.05, 3.63) is 71.9 Å². The van der Waals surface area contributed by atoms with Crippen LogP contribution in [0.4, 0.5) is 0 Å². The van der Waals surface area contributed by atoms with Crippen molar-refractivity contribution in [3.8, 4) is 23.1 Å². The van der Waals surface area contributed by atoms with E-state index in [9.17, 15) is 4.79 Å². The van der Waals surface area contributed by atoms with Crippen LogP contribution in [-0.2, 0) is 6.54 Å². The van der Waals surface area contributed by atoms with Gasteiger partial charge in [0.05, 0.1) is 31.4 Å². The molecule has 1 amide bonds. The van der Waals surface area contributed by atoms with E-state index in [1.54, 1.807) is 35.2 Å². The molecule has 0 aliphatic heterocycles. The number of hydrogen-bond donors (Lipinski definition) is 1. The molecule has 0 spiro atoms. The van der Waals surface area contributed by atoms with E-state index < -0.39 is 0 Å². The van der Waals surface area contributed by atoms with Gasteiger partial charge >= 0.3 is 0 Å². The number of ether oxygens (including phenoxy) is 1. The number of nitrogens with zero attached hydrogens (tertiary/aromatic N) is 4. The summed E-state index contributed by atoms with van der Waals surface area (Å²) in [5, 5.41) is 17.5. The van der Waals surface area contributed by atoms with Gasteiger partial charge in [-0.05, 0) is 38.1 Å². The summed E-state index contributed by atoms with van der Waals surface area (Å²) in [4.78, 5) is 12.3. The van der Waals surface area contributed by atoms with E-state index in [-0.39, 0.29) is 12.0 Å². The fraction of sp³-hybridized carbons (Fsp3) is 0.217. The Morgan fingerprint density at radius 2 is 1.97 bits per heavy atom. The number of rotatable bonds is 8. The Kier molecular flexibility index (Phi) is 6.95. The summed E-state index contributed by atoms with van der Waals surface area (Å²) in [6.07, 6.45) is 3.81. The molecule has 0 bridgehead atoms. The standard InChI is InChI=1S/C23H23N5O2/c1-17(2)30-21-11-9-19(10-12-21)23(29)26-25-15-20-16-28(14-6-13-24)27-22(20)18-7-4-3-5-8-18/h3-5,7-12,15-17H,6,14H2,1-2H3,(H,26,29)/b25-15-. The Hall–Kier alpha value is -3.92. The molecular weight excluding hydrogens is 378 g/mol. The van der Waals surface area contributed by atoms with Crippen LogP contribution in [0.15, 0.2) is 65.9 Å². The van der Waals surface area contributed by atoms with Crippen molar-refractivity contribution in [2.75, 3.05) is 0 Å². The van der Waals surface area contributed by atoms with Gasteiger partial charge in [-0.3, -0.25) is 9.48 Å². The first-order chi connectivity index (χ1) is 14.6. The highest BCUT2D eigenvalue weighted by atomic mass is 16.5. The molecule has 3 aromatic rings. The van der Waals surface area contributed by atoms with Crippen molar-refractivity contribution in [1.82, 2.24) is 15.2 Å². The molecular formula is C23H23N5O2. The van der Waals surface area contributed by atoms with Crippen molar-refractivity contribution in [1.29, 1.82) is 5.26 Å². The van der Waals surface area contributed by atoms with Gasteiger partial charge in [-0.15, -0.1) is 0 Å². The Bertz CT molecular complexity index is 1050. The average molecular weight is 401 g/mol. The van der Waals surface area contributed by atoms with Gasteiger partial charge in [-0.25, -0.2) is 5.43 Å². The number of carbonyl (C=O) groups excluding carboxylic acids is 1. The average Bonchev–Trinajstić information content (AvgIpc) is 3.16. The third-order valence-corrected chi connectivity index (χ3v) is 4.15. The van der Waals surface area contributed by atoms with Gasteiger partial charge in [-0.1, -0.05) is 30.3 Å². The highest BCUT2D eigenvalue weighted by molar-refractivity contribution is 5.95. The van der Waals surface area contributed by atoms with Crippen LogP contribution >= 0.6 is 0 Å². The van der Waals surface area contributed by atoms with Gasteiger partial charge in [0.2, 0.25) is 0 Å². The number of amides is 1. The molecule has 0 saturated carbocycles. The van der Waals surface area contributed by atoms with Crippen LogP contribution in [0.5, 0.6) is 5.75 Å². The number of benzene rings is 2. The summed E-state index contributed by atoms with van der Waals surface area (Å²) in [5.74, 6) is 0.391. The Morgan fingerprint density at radius 3 is 2.63 bits per heavy atom. The molecule has 0 saturated heterocycles. The fourth-order valence-corrected chi connectivity index (χ4v) is 2.81. The second-order valence-corrected chi connectivity index (χ2v) is 6.86. The monoisotopic (exact) mass is 401 g/mol. The summed E-state index contributed by atoms with van der Waals surface area (Å²) < 4.78 is 7.29. The molecule has 7 nitrogen and oxygen atoms in total. The van der Waals surface area contributed by atoms with Crippen LogP contribution in [0.2, 0.25) is 0 Å². The highest BCUT2D eigenvalue weighted by Gasteiger charge is 2.10. The molecule has 0 fully saturated rings. The van der Waals surface area contributed by atoms with Gasteiger partial charge in [0.25, 0.3) is 5.91 Å². The molecule has 2 aromatic carbocycles. The second kappa shape index (κ2) is 10.0. The third-order valence-electron chi connectivity index (χ3n) is 4.15. The summed E-state index contributed by atoms with van der Waals surface area (Å²) >= 11 is 0. The van der Waals surface area contributed by atoms with Crippen molar-refractivity contribution in [2.24, 2.45) is 5.10 Å². The lowest BCUT2D eigenvalue weighted by atomic mass is 10.1. The SMILES string of the molecule is CC(C)Oc1ccc(C(=O)N/N=C\c2cn(CCC#N)nc2-c2ccccc2)cc1. The highest BCUT2D eigenvalue weighted by Crippen LogP contribution is 2.20. The third kappa shape index (κ3) is 5.55. The Labute approximate surface area is 175 Å². The quantitative estimate of drug-likeness (QED) is 0.456. The summed E-state index contributed by atoms with van der Waals surface area (Å²) in [6.45, 7) is 4.38. The van der Waals surface area contributed by atoms with E-state index in [1.807, 2.05) is 50.4 Å². The Balaban J connectivity index is 1.72. The van der Waals surface area contributed by atoms with Gasteiger partial charge in [0, 0.05) is 22.9 Å². The number of nitrogens with one attached hydrogen (secondary N) is 1. The summed E-state index contributed by atoms with van der Waals surface area (Å²) in [7, 11) is 0. The number of hydrogen-bond acceptors (Lipinski definition) is 5. The van der Waals surface area contributed by atoms with E-state index in [1.165, 1.54) is 0 Å². The maximum Gasteiger partial charge on any atom is 0.271 e. The minimum absolute atomic E-state index is 0.0714. The van der Waals surface area contributed by atoms with Crippen LogP contribution < -0.4 is 10.2 Å². The van der Waals surface area contributed by atoms with Crippen LogP contribution in [0.25, 0.3) is 11.3 Å². The molecule has 3 rings (SSSR count). The second-order valence-electron chi connectivity index (χ2n) is 6.86. The molecule has 0 aliphatic rings. The van der Waals surface area contributed by atoms with Gasteiger partial charge in [0.1, 0.15) is 11.4 Å². The number of aromatic nitrogens is 2. The minimum atomic E-state index is -0.319. The number of hydrazone groups is 1. The van der Waals surface area contributed by atoms with Crippen molar-refractivity contribution < 1.29 is 9.53 Å². The molecule has 0 aliphatic carbocycles. The number of aryl methyl sites for hydroxylation is 1. The van der Waals surface area contributed by atoms with E-state index in [4.69, 9.17) is 10.00 Å². The smallest absolute Gasteiger partial charge is 0.271 e. The van der Waals surface area contributed by atoms with Gasteiger partial charge < -0.3 is 4.74 Å². The largest absolute Gasteiger partial charge is 0.491 e. The van der Waals surface area contributed by atoms with Gasteiger partial charge in [-0.2, -0.15) is 15.5 Å². The van der Waals surface area contributed by atoms with E-state index in [0.717, 1.165) is 16.8 Å². The summed E-state index contributed by atoms with van der Waals surface area (Å²) in [6, 6.07) is 18.7. The minimum Gasteiger partial charge on any atom is -0.491 e. The van der Waals surface area contributed by atoms with Crippen LogP contribution in [0.3, 0.4) is 0 Å². The first kappa shape index (κ1) is 20.8. The lowest BCUT2D eigenvalue weighted by molar-refractivity contribution is 0.0955. The van der Waals surface area contributed by atoms with Crippen molar-refractivity contribution in [3.63, 3.8) is 0 Å². The van der Waals surface area contributed by atoms with Crippen LogP contribution in [0.1, 0.15) is 36.2 Å². The maximum absolute atomic E-state index is 12.3. The van der Waals surface area contributed by atoms with E-state index in [2.05, 4.69) is 21.7 Å². The van der Waals surface area contributed by atoms with Crippen LogP contribution in [-0.4, -0.2) is 28.0 Å². The molecule has 1 aromatic heterocycles. The molecule has 152 valence electrons. The topological polar surface area (TPSA) is 92.3 Å². The Morgan fingerprint density at radius 1 is 1.23 bits per heavy atom. The van der Waals surface area contributed by atoms with Gasteiger partial charge in [0.15, 0.2) is 0 Å². The molecule has 1 N–H and O–H groups in total. The lowest BCUT2D eigenvalue weighted by Crippen LogP contribution is -2.17. The molecule has 1 heterocycles. The molecule has 0 atom stereocenters. The number of nitriles is 1. The molecule has 0 unspecified atom stereocenters. The molecule has 0 radical (unpaired) electrons. The summed E-state index contributed by atoms with van der Waals surface area (Å²) in [5.41, 5.74) is 5.44. The predicted octanol–water partition coefficient (Wildman–Crippen LogP) is 4.01. The number of carbonyl (C=O) groups is 1.